The molecule has 0 fully saturated rings. The van der Waals surface area contributed by atoms with Gasteiger partial charge in [0, 0.05) is 16.6 Å². The number of amides is 1. The van der Waals surface area contributed by atoms with Crippen LogP contribution in [0.4, 0.5) is 10.1 Å². The van der Waals surface area contributed by atoms with E-state index in [4.69, 9.17) is 0 Å². The van der Waals surface area contributed by atoms with Crippen LogP contribution in [0, 0.1) is 12.7 Å². The van der Waals surface area contributed by atoms with Crippen LogP contribution in [-0.2, 0) is 4.79 Å². The predicted molar refractivity (Wildman–Crippen MR) is 102 cm³/mol. The van der Waals surface area contributed by atoms with E-state index in [1.165, 1.54) is 30.2 Å². The van der Waals surface area contributed by atoms with Gasteiger partial charge >= 0.3 is 0 Å². The highest BCUT2D eigenvalue weighted by molar-refractivity contribution is 8.00. The first kappa shape index (κ1) is 16.5. The Morgan fingerprint density at radius 1 is 1.23 bits per heavy atom. The SMILES string of the molecule is Cc1cccc(NC(=O)CSc2ncnc3c2[nH]c2ccc(F)cc23)c1. The average Bonchev–Trinajstić information content (AvgIpc) is 2.98. The molecule has 26 heavy (non-hydrogen) atoms. The maximum absolute atomic E-state index is 13.5. The molecule has 4 aromatic rings. The van der Waals surface area contributed by atoms with Crippen LogP contribution in [0.2, 0.25) is 0 Å². The number of benzene rings is 2. The summed E-state index contributed by atoms with van der Waals surface area (Å²) in [6.07, 6.45) is 1.43. The molecule has 130 valence electrons. The van der Waals surface area contributed by atoms with Crippen molar-refractivity contribution in [1.82, 2.24) is 15.0 Å². The Morgan fingerprint density at radius 2 is 2.12 bits per heavy atom. The molecular formula is C19H15FN4OS. The molecule has 0 saturated carbocycles. The standard InChI is InChI=1S/C19H15FN4OS/c1-11-3-2-4-13(7-11)23-16(25)9-26-19-18-17(21-10-22-19)14-8-12(20)5-6-15(14)24-18/h2-8,10,24H,9H2,1H3,(H,23,25). The minimum atomic E-state index is -0.316. The Balaban J connectivity index is 1.55. The molecule has 0 radical (unpaired) electrons. The van der Waals surface area contributed by atoms with Gasteiger partial charge in [0.1, 0.15) is 22.7 Å². The number of aryl methyl sites for hydroxylation is 1. The van der Waals surface area contributed by atoms with Gasteiger partial charge < -0.3 is 10.3 Å². The van der Waals surface area contributed by atoms with Crippen LogP contribution in [0.15, 0.2) is 53.8 Å². The lowest BCUT2D eigenvalue weighted by Gasteiger charge is -2.06. The second kappa shape index (κ2) is 6.76. The highest BCUT2D eigenvalue weighted by Crippen LogP contribution is 2.30. The minimum absolute atomic E-state index is 0.116. The maximum atomic E-state index is 13.5. The predicted octanol–water partition coefficient (Wildman–Crippen LogP) is 4.29. The van der Waals surface area contributed by atoms with E-state index < -0.39 is 0 Å². The van der Waals surface area contributed by atoms with Gasteiger partial charge in [-0.15, -0.1) is 0 Å². The summed E-state index contributed by atoms with van der Waals surface area (Å²) in [5.41, 5.74) is 3.99. The van der Waals surface area contributed by atoms with E-state index in [1.54, 1.807) is 6.07 Å². The summed E-state index contributed by atoms with van der Waals surface area (Å²) in [5.74, 6) is -0.220. The van der Waals surface area contributed by atoms with Crippen molar-refractivity contribution >= 4 is 45.3 Å². The van der Waals surface area contributed by atoms with Gasteiger partial charge in [0.05, 0.1) is 11.3 Å². The van der Waals surface area contributed by atoms with Crippen molar-refractivity contribution in [3.63, 3.8) is 0 Å². The van der Waals surface area contributed by atoms with Gasteiger partial charge in [-0.1, -0.05) is 23.9 Å². The van der Waals surface area contributed by atoms with Crippen molar-refractivity contribution in [3.8, 4) is 0 Å². The van der Waals surface area contributed by atoms with Crippen LogP contribution in [-0.4, -0.2) is 26.6 Å². The third-order valence-corrected chi connectivity index (χ3v) is 4.94. The molecule has 2 aromatic carbocycles. The molecule has 2 aromatic heterocycles. The molecule has 5 nitrogen and oxygen atoms in total. The summed E-state index contributed by atoms with van der Waals surface area (Å²) >= 11 is 1.31. The molecule has 2 N–H and O–H groups in total. The van der Waals surface area contributed by atoms with Crippen LogP contribution in [0.1, 0.15) is 5.56 Å². The number of fused-ring (bicyclic) bond motifs is 3. The van der Waals surface area contributed by atoms with Gasteiger partial charge in [0.15, 0.2) is 0 Å². The molecule has 0 spiro atoms. The van der Waals surface area contributed by atoms with Crippen molar-refractivity contribution in [3.05, 3.63) is 60.2 Å². The fourth-order valence-electron chi connectivity index (χ4n) is 2.81. The van der Waals surface area contributed by atoms with E-state index in [1.807, 2.05) is 31.2 Å². The topological polar surface area (TPSA) is 70.7 Å². The molecule has 0 aliphatic heterocycles. The van der Waals surface area contributed by atoms with Crippen molar-refractivity contribution in [2.24, 2.45) is 0 Å². The summed E-state index contributed by atoms with van der Waals surface area (Å²) in [5, 5.41) is 4.23. The van der Waals surface area contributed by atoms with Gasteiger partial charge in [-0.25, -0.2) is 14.4 Å². The number of carbonyl (C=O) groups excluding carboxylic acids is 1. The Bertz CT molecular complexity index is 1130. The Labute approximate surface area is 153 Å². The zero-order chi connectivity index (χ0) is 18.1. The first-order valence-corrected chi connectivity index (χ1v) is 9.00. The number of halogens is 1. The van der Waals surface area contributed by atoms with Crippen LogP contribution < -0.4 is 5.32 Å². The Hall–Kier alpha value is -2.93. The molecule has 0 atom stereocenters. The number of aromatic nitrogens is 3. The lowest BCUT2D eigenvalue weighted by molar-refractivity contribution is -0.113. The number of hydrogen-bond donors (Lipinski definition) is 2. The van der Waals surface area contributed by atoms with Gasteiger partial charge in [-0.2, -0.15) is 0 Å². The molecular weight excluding hydrogens is 351 g/mol. The molecule has 0 aliphatic carbocycles. The fourth-order valence-corrected chi connectivity index (χ4v) is 3.56. The largest absolute Gasteiger partial charge is 0.351 e. The van der Waals surface area contributed by atoms with Crippen molar-refractivity contribution in [1.29, 1.82) is 0 Å². The van der Waals surface area contributed by atoms with Crippen LogP contribution in [0.5, 0.6) is 0 Å². The monoisotopic (exact) mass is 366 g/mol. The number of carbonyl (C=O) groups is 1. The third-order valence-electron chi connectivity index (χ3n) is 3.95. The van der Waals surface area contributed by atoms with Crippen LogP contribution in [0.3, 0.4) is 0 Å². The second-order valence-electron chi connectivity index (χ2n) is 5.92. The highest BCUT2D eigenvalue weighted by Gasteiger charge is 2.13. The minimum Gasteiger partial charge on any atom is -0.351 e. The molecule has 0 bridgehead atoms. The van der Waals surface area contributed by atoms with Crippen molar-refractivity contribution < 1.29 is 9.18 Å². The third kappa shape index (κ3) is 3.25. The molecule has 0 saturated heterocycles. The molecule has 0 aliphatic rings. The Kier molecular flexibility index (Phi) is 4.30. The molecule has 1 amide bonds. The normalized spacial score (nSPS) is 11.2. The Morgan fingerprint density at radius 3 is 2.96 bits per heavy atom. The van der Waals surface area contributed by atoms with E-state index in [9.17, 15) is 9.18 Å². The lowest BCUT2D eigenvalue weighted by atomic mass is 10.2. The highest BCUT2D eigenvalue weighted by atomic mass is 32.2. The number of rotatable bonds is 4. The number of hydrogen-bond acceptors (Lipinski definition) is 4. The molecule has 0 unspecified atom stereocenters. The number of nitrogens with one attached hydrogen (secondary N) is 2. The van der Waals surface area contributed by atoms with E-state index in [2.05, 4.69) is 20.3 Å². The van der Waals surface area contributed by atoms with Crippen LogP contribution in [0.25, 0.3) is 21.9 Å². The average molecular weight is 366 g/mol. The zero-order valence-corrected chi connectivity index (χ0v) is 14.7. The summed E-state index contributed by atoms with van der Waals surface area (Å²) < 4.78 is 13.5. The van der Waals surface area contributed by atoms with Gasteiger partial charge in [0.25, 0.3) is 0 Å². The molecule has 2 heterocycles. The summed E-state index contributed by atoms with van der Waals surface area (Å²) in [4.78, 5) is 23.9. The van der Waals surface area contributed by atoms with Gasteiger partial charge in [-0.05, 0) is 42.8 Å². The van der Waals surface area contributed by atoms with E-state index in [-0.39, 0.29) is 17.5 Å². The second-order valence-corrected chi connectivity index (χ2v) is 6.89. The number of nitrogens with zero attached hydrogens (tertiary/aromatic N) is 2. The molecule has 4 rings (SSSR count). The van der Waals surface area contributed by atoms with E-state index in [0.29, 0.717) is 21.4 Å². The quantitative estimate of drug-likeness (QED) is 0.417. The number of thioether (sulfide) groups is 1. The first-order valence-electron chi connectivity index (χ1n) is 8.01. The zero-order valence-electron chi connectivity index (χ0n) is 13.9. The van der Waals surface area contributed by atoms with Crippen molar-refractivity contribution in [2.45, 2.75) is 11.9 Å². The number of anilines is 1. The van der Waals surface area contributed by atoms with Crippen LogP contribution >= 0.6 is 11.8 Å². The number of H-pyrrole nitrogens is 1. The van der Waals surface area contributed by atoms with E-state index >= 15 is 0 Å². The van der Waals surface area contributed by atoms with E-state index in [0.717, 1.165) is 16.8 Å². The smallest absolute Gasteiger partial charge is 0.234 e. The molecule has 7 heteroatoms. The van der Waals surface area contributed by atoms with Gasteiger partial charge in [0.2, 0.25) is 5.91 Å². The summed E-state index contributed by atoms with van der Waals surface area (Å²) in [7, 11) is 0. The first-order chi connectivity index (χ1) is 12.6. The van der Waals surface area contributed by atoms with Crippen molar-refractivity contribution in [2.75, 3.05) is 11.1 Å². The maximum Gasteiger partial charge on any atom is 0.234 e. The number of aromatic amines is 1. The summed E-state index contributed by atoms with van der Waals surface area (Å²) in [6.45, 7) is 1.97. The summed E-state index contributed by atoms with van der Waals surface area (Å²) in [6, 6.07) is 12.2. The van der Waals surface area contributed by atoms with Gasteiger partial charge in [-0.3, -0.25) is 4.79 Å². The fraction of sp³-hybridized carbons (Fsp3) is 0.105. The lowest BCUT2D eigenvalue weighted by Crippen LogP contribution is -2.14.